The summed E-state index contributed by atoms with van der Waals surface area (Å²) in [5, 5.41) is 4.40. The molecule has 124 valence electrons. The fraction of sp³-hybridized carbons (Fsp3) is 0.105. The summed E-state index contributed by atoms with van der Waals surface area (Å²) in [5.74, 6) is 1.36. The first-order valence-electron chi connectivity index (χ1n) is 7.77. The number of aryl methyl sites for hydroxylation is 1. The Labute approximate surface area is 147 Å². The predicted octanol–water partition coefficient (Wildman–Crippen LogP) is 2.68. The normalized spacial score (nSPS) is 12.0. The average Bonchev–Trinajstić information content (AvgIpc) is 3.16. The lowest BCUT2D eigenvalue weighted by Gasteiger charge is -1.98. The van der Waals surface area contributed by atoms with E-state index in [2.05, 4.69) is 10.1 Å². The fourth-order valence-electron chi connectivity index (χ4n) is 2.62. The number of rotatable bonds is 3. The highest BCUT2D eigenvalue weighted by atomic mass is 32.1. The topological polar surface area (TPSA) is 56.5 Å². The van der Waals surface area contributed by atoms with E-state index in [-0.39, 0.29) is 5.56 Å². The molecule has 0 radical (unpaired) electrons. The molecule has 5 nitrogen and oxygen atoms in total. The molecule has 0 bridgehead atoms. The minimum atomic E-state index is -0.150. The maximum absolute atomic E-state index is 12.6. The van der Waals surface area contributed by atoms with E-state index in [9.17, 15) is 4.79 Å². The molecule has 2 heterocycles. The molecule has 0 unspecified atom stereocenters. The lowest BCUT2D eigenvalue weighted by Crippen LogP contribution is -2.23. The highest BCUT2D eigenvalue weighted by Crippen LogP contribution is 2.20. The fourth-order valence-corrected chi connectivity index (χ4v) is 3.53. The second-order valence-corrected chi connectivity index (χ2v) is 6.64. The molecule has 0 fully saturated rings. The molecule has 0 amide bonds. The quantitative estimate of drug-likeness (QED) is 0.571. The molecule has 0 aliphatic heterocycles. The van der Waals surface area contributed by atoms with Gasteiger partial charge in [0.25, 0.3) is 5.56 Å². The Morgan fingerprint density at radius 2 is 1.88 bits per heavy atom. The van der Waals surface area contributed by atoms with Crippen LogP contribution in [0.1, 0.15) is 11.1 Å². The largest absolute Gasteiger partial charge is 0.497 e. The first-order chi connectivity index (χ1) is 12.2. The number of fused-ring (bicyclic) bond motifs is 1. The van der Waals surface area contributed by atoms with Gasteiger partial charge in [0.05, 0.1) is 11.6 Å². The first kappa shape index (κ1) is 15.5. The molecular formula is C19H15N3O2S. The lowest BCUT2D eigenvalue weighted by molar-refractivity contribution is 0.415. The third kappa shape index (κ3) is 2.81. The highest BCUT2D eigenvalue weighted by molar-refractivity contribution is 7.15. The standard InChI is InChI=1S/C19H15N3O2S/c1-12-5-3-4-6-15(12)17-20-19-22(21-17)18(23)16(25-19)11-13-7-9-14(24-2)10-8-13/h3-11H,1-2H3/b16-11-. The predicted molar refractivity (Wildman–Crippen MR) is 99.1 cm³/mol. The summed E-state index contributed by atoms with van der Waals surface area (Å²) in [6.07, 6.45) is 1.84. The molecule has 0 saturated heterocycles. The number of aromatic nitrogens is 3. The molecular weight excluding hydrogens is 334 g/mol. The van der Waals surface area contributed by atoms with Crippen molar-refractivity contribution in [2.45, 2.75) is 6.92 Å². The second-order valence-electron chi connectivity index (χ2n) is 5.63. The van der Waals surface area contributed by atoms with Crippen LogP contribution in [-0.2, 0) is 0 Å². The zero-order valence-corrected chi connectivity index (χ0v) is 14.6. The van der Waals surface area contributed by atoms with E-state index < -0.39 is 0 Å². The smallest absolute Gasteiger partial charge is 0.291 e. The van der Waals surface area contributed by atoms with E-state index in [4.69, 9.17) is 4.74 Å². The van der Waals surface area contributed by atoms with Crippen LogP contribution in [0.2, 0.25) is 0 Å². The van der Waals surface area contributed by atoms with Gasteiger partial charge in [-0.1, -0.05) is 47.7 Å². The summed E-state index contributed by atoms with van der Waals surface area (Å²) in [6.45, 7) is 2.01. The van der Waals surface area contributed by atoms with Gasteiger partial charge in [0, 0.05) is 5.56 Å². The highest BCUT2D eigenvalue weighted by Gasteiger charge is 2.13. The maximum Gasteiger partial charge on any atom is 0.291 e. The number of hydrogen-bond acceptors (Lipinski definition) is 5. The molecule has 4 rings (SSSR count). The van der Waals surface area contributed by atoms with Crippen molar-refractivity contribution in [2.75, 3.05) is 7.11 Å². The molecule has 0 spiro atoms. The molecule has 6 heteroatoms. The zero-order chi connectivity index (χ0) is 17.4. The van der Waals surface area contributed by atoms with Crippen molar-refractivity contribution >= 4 is 22.4 Å². The molecule has 0 aliphatic rings. The van der Waals surface area contributed by atoms with E-state index in [1.54, 1.807) is 7.11 Å². The molecule has 0 N–H and O–H groups in total. The summed E-state index contributed by atoms with van der Waals surface area (Å²) in [7, 11) is 1.63. The molecule has 2 aromatic heterocycles. The van der Waals surface area contributed by atoms with E-state index >= 15 is 0 Å². The van der Waals surface area contributed by atoms with Gasteiger partial charge in [-0.15, -0.1) is 5.10 Å². The average molecular weight is 349 g/mol. The van der Waals surface area contributed by atoms with Gasteiger partial charge in [-0.3, -0.25) is 4.79 Å². The Bertz CT molecular complexity index is 1160. The number of methoxy groups -OCH3 is 1. The van der Waals surface area contributed by atoms with E-state index in [0.717, 1.165) is 22.4 Å². The molecule has 0 aliphatic carbocycles. The molecule has 0 saturated carbocycles. The summed E-state index contributed by atoms with van der Waals surface area (Å²) < 4.78 is 7.13. The van der Waals surface area contributed by atoms with Gasteiger partial charge in [-0.2, -0.15) is 9.50 Å². The van der Waals surface area contributed by atoms with Crippen LogP contribution in [-0.4, -0.2) is 21.7 Å². The zero-order valence-electron chi connectivity index (χ0n) is 13.8. The van der Waals surface area contributed by atoms with Crippen LogP contribution in [0.25, 0.3) is 22.4 Å². The lowest BCUT2D eigenvalue weighted by atomic mass is 10.1. The minimum absolute atomic E-state index is 0.150. The van der Waals surface area contributed by atoms with Crippen molar-refractivity contribution < 1.29 is 4.74 Å². The number of benzene rings is 2. The summed E-state index contributed by atoms with van der Waals surface area (Å²) >= 11 is 1.34. The van der Waals surface area contributed by atoms with Crippen LogP contribution in [0.4, 0.5) is 0 Å². The van der Waals surface area contributed by atoms with Crippen molar-refractivity contribution in [1.82, 2.24) is 14.6 Å². The Hall–Kier alpha value is -2.99. The van der Waals surface area contributed by atoms with Crippen LogP contribution in [0.3, 0.4) is 0 Å². The molecule has 25 heavy (non-hydrogen) atoms. The van der Waals surface area contributed by atoms with E-state index in [0.29, 0.717) is 15.3 Å². The molecule has 0 atom stereocenters. The third-order valence-electron chi connectivity index (χ3n) is 3.98. The van der Waals surface area contributed by atoms with Crippen LogP contribution in [0.15, 0.2) is 53.3 Å². The first-order valence-corrected chi connectivity index (χ1v) is 8.59. The van der Waals surface area contributed by atoms with E-state index in [1.165, 1.54) is 15.9 Å². The number of ether oxygens (including phenoxy) is 1. The monoisotopic (exact) mass is 349 g/mol. The van der Waals surface area contributed by atoms with Crippen LogP contribution < -0.4 is 14.8 Å². The Kier molecular flexibility index (Phi) is 3.82. The van der Waals surface area contributed by atoms with Crippen LogP contribution >= 0.6 is 11.3 Å². The summed E-state index contributed by atoms with van der Waals surface area (Å²) in [4.78, 5) is 17.7. The number of hydrogen-bond donors (Lipinski definition) is 0. The van der Waals surface area contributed by atoms with Crippen molar-refractivity contribution in [3.05, 3.63) is 74.5 Å². The SMILES string of the molecule is COc1ccc(/C=c2\sc3nc(-c4ccccc4C)nn3c2=O)cc1. The van der Waals surface area contributed by atoms with Crippen LogP contribution in [0.5, 0.6) is 5.75 Å². The van der Waals surface area contributed by atoms with Crippen molar-refractivity contribution in [3.8, 4) is 17.1 Å². The maximum atomic E-state index is 12.6. The summed E-state index contributed by atoms with van der Waals surface area (Å²) in [5.41, 5.74) is 2.81. The van der Waals surface area contributed by atoms with Gasteiger partial charge in [0.2, 0.25) is 4.96 Å². The van der Waals surface area contributed by atoms with Crippen molar-refractivity contribution in [2.24, 2.45) is 0 Å². The van der Waals surface area contributed by atoms with Crippen molar-refractivity contribution in [1.29, 1.82) is 0 Å². The van der Waals surface area contributed by atoms with Gasteiger partial charge in [-0.05, 0) is 36.3 Å². The van der Waals surface area contributed by atoms with Gasteiger partial charge in [0.1, 0.15) is 5.75 Å². The summed E-state index contributed by atoms with van der Waals surface area (Å²) in [6, 6.07) is 15.4. The van der Waals surface area contributed by atoms with E-state index in [1.807, 2.05) is 61.5 Å². The Morgan fingerprint density at radius 1 is 1.12 bits per heavy atom. The van der Waals surface area contributed by atoms with Gasteiger partial charge >= 0.3 is 0 Å². The minimum Gasteiger partial charge on any atom is -0.497 e. The van der Waals surface area contributed by atoms with Crippen molar-refractivity contribution in [3.63, 3.8) is 0 Å². The second kappa shape index (κ2) is 6.14. The molecule has 4 aromatic rings. The Morgan fingerprint density at radius 3 is 2.56 bits per heavy atom. The number of nitrogens with zero attached hydrogens (tertiary/aromatic N) is 3. The molecule has 2 aromatic carbocycles. The van der Waals surface area contributed by atoms with Gasteiger partial charge in [-0.25, -0.2) is 0 Å². The third-order valence-corrected chi connectivity index (χ3v) is 4.94. The van der Waals surface area contributed by atoms with Crippen LogP contribution in [0, 0.1) is 6.92 Å². The Balaban J connectivity index is 1.79. The number of thiazole rings is 1. The van der Waals surface area contributed by atoms with Gasteiger partial charge in [0.15, 0.2) is 5.82 Å². The van der Waals surface area contributed by atoms with Gasteiger partial charge < -0.3 is 4.74 Å².